The van der Waals surface area contributed by atoms with E-state index in [9.17, 15) is 19.8 Å². The van der Waals surface area contributed by atoms with Gasteiger partial charge in [-0.05, 0) is 22.3 Å². The first-order valence-electron chi connectivity index (χ1n) is 7.24. The van der Waals surface area contributed by atoms with Crippen LogP contribution in [0.25, 0.3) is 0 Å². The summed E-state index contributed by atoms with van der Waals surface area (Å²) in [5.74, 6) is -4.70. The summed E-state index contributed by atoms with van der Waals surface area (Å²) in [5.41, 5.74) is 3.82. The van der Waals surface area contributed by atoms with E-state index in [0.717, 1.165) is 22.3 Å². The van der Waals surface area contributed by atoms with E-state index in [1.807, 2.05) is 48.5 Å². The Morgan fingerprint density at radius 3 is 1.14 bits per heavy atom. The zero-order valence-electron chi connectivity index (χ0n) is 11.6. The van der Waals surface area contributed by atoms with E-state index in [1.54, 1.807) is 0 Å². The summed E-state index contributed by atoms with van der Waals surface area (Å²) in [6, 6.07) is 15.3. The van der Waals surface area contributed by atoms with E-state index in [1.165, 1.54) is 0 Å². The van der Waals surface area contributed by atoms with Crippen molar-refractivity contribution in [2.24, 2.45) is 11.8 Å². The van der Waals surface area contributed by atoms with Crippen LogP contribution < -0.4 is 0 Å². The summed E-state index contributed by atoms with van der Waals surface area (Å²) >= 11 is 0. The van der Waals surface area contributed by atoms with Crippen molar-refractivity contribution >= 4 is 11.9 Å². The minimum absolute atomic E-state index is 0.393. The Bertz CT molecular complexity index is 682. The molecule has 2 bridgehead atoms. The molecule has 2 N–H and O–H groups in total. The molecule has 0 saturated carbocycles. The molecule has 2 aromatic carbocycles. The predicted octanol–water partition coefficient (Wildman–Crippen LogP) is 2.68. The molecule has 3 aliphatic rings. The van der Waals surface area contributed by atoms with Crippen molar-refractivity contribution in [1.82, 2.24) is 0 Å². The number of rotatable bonds is 2. The molecule has 3 aliphatic carbocycles. The maximum atomic E-state index is 11.8. The number of fused-ring (bicyclic) bond motifs is 1. The van der Waals surface area contributed by atoms with Crippen LogP contribution in [-0.4, -0.2) is 22.2 Å². The largest absolute Gasteiger partial charge is 0.481 e. The summed E-state index contributed by atoms with van der Waals surface area (Å²) in [4.78, 5) is 23.6. The Hall–Kier alpha value is -2.62. The summed E-state index contributed by atoms with van der Waals surface area (Å²) in [6.07, 6.45) is 0. The number of hydrogen-bond donors (Lipinski definition) is 2. The number of aliphatic carboxylic acids is 2. The van der Waals surface area contributed by atoms with Crippen LogP contribution in [0.3, 0.4) is 0 Å². The third-order valence-corrected chi connectivity index (χ3v) is 5.01. The monoisotopic (exact) mass is 294 g/mol. The molecular formula is C18H14O4. The Morgan fingerprint density at radius 1 is 0.636 bits per heavy atom. The fraction of sp³-hybridized carbons (Fsp3) is 0.222. The molecule has 110 valence electrons. The molecule has 4 nitrogen and oxygen atoms in total. The predicted molar refractivity (Wildman–Crippen MR) is 78.8 cm³/mol. The van der Waals surface area contributed by atoms with E-state index >= 15 is 0 Å². The van der Waals surface area contributed by atoms with Crippen LogP contribution in [0.4, 0.5) is 0 Å². The van der Waals surface area contributed by atoms with Crippen molar-refractivity contribution in [1.29, 1.82) is 0 Å². The Morgan fingerprint density at radius 2 is 0.909 bits per heavy atom. The Balaban J connectivity index is 2.06. The van der Waals surface area contributed by atoms with E-state index in [0.29, 0.717) is 0 Å². The number of hydrogen-bond acceptors (Lipinski definition) is 2. The maximum Gasteiger partial charge on any atom is 0.308 e. The fourth-order valence-electron chi connectivity index (χ4n) is 4.27. The van der Waals surface area contributed by atoms with Crippen LogP contribution in [0, 0.1) is 11.8 Å². The van der Waals surface area contributed by atoms with Gasteiger partial charge in [0.15, 0.2) is 0 Å². The topological polar surface area (TPSA) is 74.6 Å². The molecular weight excluding hydrogens is 280 g/mol. The average molecular weight is 294 g/mol. The number of carboxylic acids is 2. The van der Waals surface area contributed by atoms with Crippen molar-refractivity contribution in [3.8, 4) is 0 Å². The van der Waals surface area contributed by atoms with Crippen LogP contribution in [0.15, 0.2) is 48.5 Å². The summed E-state index contributed by atoms with van der Waals surface area (Å²) in [7, 11) is 0. The molecule has 0 unspecified atom stereocenters. The minimum Gasteiger partial charge on any atom is -0.481 e. The van der Waals surface area contributed by atoms with E-state index in [2.05, 4.69) is 0 Å². The number of carboxylic acid groups (broad SMARTS) is 2. The lowest BCUT2D eigenvalue weighted by atomic mass is 9.54. The smallest absolute Gasteiger partial charge is 0.308 e. The van der Waals surface area contributed by atoms with Gasteiger partial charge in [-0.15, -0.1) is 0 Å². The normalized spacial score (nSPS) is 27.8. The van der Waals surface area contributed by atoms with Gasteiger partial charge in [0.1, 0.15) is 0 Å². The number of benzene rings is 2. The van der Waals surface area contributed by atoms with E-state index in [4.69, 9.17) is 0 Å². The molecule has 0 amide bonds. The summed E-state index contributed by atoms with van der Waals surface area (Å²) < 4.78 is 0. The van der Waals surface area contributed by atoms with Crippen molar-refractivity contribution in [2.45, 2.75) is 11.8 Å². The van der Waals surface area contributed by atoms with Crippen molar-refractivity contribution in [3.05, 3.63) is 70.8 Å². The van der Waals surface area contributed by atoms with Gasteiger partial charge in [0.2, 0.25) is 0 Å². The van der Waals surface area contributed by atoms with Crippen molar-refractivity contribution in [2.75, 3.05) is 0 Å². The SMILES string of the molecule is O=C(O)[C@@H]1[C@H]2c3ccccc3[C@H](c3ccccc32)[C@@H]1C(=O)O. The van der Waals surface area contributed by atoms with E-state index < -0.39 is 35.6 Å². The highest BCUT2D eigenvalue weighted by molar-refractivity contribution is 5.86. The number of carbonyl (C=O) groups is 2. The standard InChI is InChI=1S/C18H14O4/c19-17(20)15-13-9-5-1-2-6-10(9)14(16(15)18(21)22)12-8-4-3-7-11(12)13/h1-8,13-16H,(H,19,20)(H,21,22)/t13-,14+,15-,16+. The van der Waals surface area contributed by atoms with Gasteiger partial charge in [0, 0.05) is 11.8 Å². The maximum absolute atomic E-state index is 11.8. The highest BCUT2D eigenvalue weighted by Crippen LogP contribution is 2.58. The second-order valence-electron chi connectivity index (χ2n) is 5.94. The van der Waals surface area contributed by atoms with Crippen molar-refractivity contribution in [3.63, 3.8) is 0 Å². The quantitative estimate of drug-likeness (QED) is 0.893. The molecule has 22 heavy (non-hydrogen) atoms. The van der Waals surface area contributed by atoms with Crippen molar-refractivity contribution < 1.29 is 19.8 Å². The van der Waals surface area contributed by atoms with Gasteiger partial charge in [-0.2, -0.15) is 0 Å². The Kier molecular flexibility index (Phi) is 2.64. The molecule has 4 heteroatoms. The van der Waals surface area contributed by atoms with Gasteiger partial charge in [-0.3, -0.25) is 9.59 Å². The highest BCUT2D eigenvalue weighted by Gasteiger charge is 2.55. The first kappa shape index (κ1) is 13.1. The zero-order chi connectivity index (χ0) is 15.4. The lowest BCUT2D eigenvalue weighted by Gasteiger charge is -2.47. The zero-order valence-corrected chi connectivity index (χ0v) is 11.6. The lowest BCUT2D eigenvalue weighted by Crippen LogP contribution is -2.46. The van der Waals surface area contributed by atoms with Gasteiger partial charge >= 0.3 is 11.9 Å². The summed E-state index contributed by atoms with van der Waals surface area (Å²) in [5, 5.41) is 19.3. The lowest BCUT2D eigenvalue weighted by molar-refractivity contribution is -0.156. The van der Waals surface area contributed by atoms with Crippen LogP contribution in [0.2, 0.25) is 0 Å². The second kappa shape index (κ2) is 4.44. The van der Waals surface area contributed by atoms with Gasteiger partial charge in [-0.25, -0.2) is 0 Å². The van der Waals surface area contributed by atoms with E-state index in [-0.39, 0.29) is 0 Å². The van der Waals surface area contributed by atoms with Gasteiger partial charge in [-0.1, -0.05) is 48.5 Å². The Labute approximate surface area is 127 Å². The average Bonchev–Trinajstić information content (AvgIpc) is 2.53. The third kappa shape index (κ3) is 1.52. The first-order chi connectivity index (χ1) is 10.6. The van der Waals surface area contributed by atoms with Crippen LogP contribution >= 0.6 is 0 Å². The molecule has 0 spiro atoms. The van der Waals surface area contributed by atoms with Gasteiger partial charge in [0.05, 0.1) is 11.8 Å². The molecule has 0 fully saturated rings. The molecule has 0 aromatic heterocycles. The van der Waals surface area contributed by atoms with Crippen LogP contribution in [0.1, 0.15) is 34.1 Å². The van der Waals surface area contributed by atoms with Gasteiger partial charge in [0.25, 0.3) is 0 Å². The molecule has 5 rings (SSSR count). The molecule has 0 heterocycles. The minimum atomic E-state index is -1.04. The molecule has 2 aromatic rings. The fourth-order valence-corrected chi connectivity index (χ4v) is 4.27. The van der Waals surface area contributed by atoms with Gasteiger partial charge < -0.3 is 10.2 Å². The molecule has 0 saturated heterocycles. The highest BCUT2D eigenvalue weighted by atomic mass is 16.4. The second-order valence-corrected chi connectivity index (χ2v) is 5.94. The third-order valence-electron chi connectivity index (χ3n) is 5.01. The summed E-state index contributed by atoms with van der Waals surface area (Å²) in [6.45, 7) is 0. The molecule has 2 atom stereocenters. The molecule has 0 radical (unpaired) electrons. The molecule has 0 aliphatic heterocycles. The van der Waals surface area contributed by atoms with Crippen LogP contribution in [0.5, 0.6) is 0 Å². The first-order valence-corrected chi connectivity index (χ1v) is 7.24. The van der Waals surface area contributed by atoms with Crippen LogP contribution in [-0.2, 0) is 9.59 Å².